The molecule has 0 saturated carbocycles. The summed E-state index contributed by atoms with van der Waals surface area (Å²) in [5.41, 5.74) is 0. The summed E-state index contributed by atoms with van der Waals surface area (Å²) in [5.74, 6) is 0. The van der Waals surface area contributed by atoms with Crippen LogP contribution in [0.15, 0.2) is 12.2 Å². The topological polar surface area (TPSA) is 0 Å². The van der Waals surface area contributed by atoms with Crippen molar-refractivity contribution >= 4 is 0 Å². The van der Waals surface area contributed by atoms with Crippen LogP contribution in [0, 0.1) is 0 Å². The molecule has 0 spiro atoms. The van der Waals surface area contributed by atoms with Gasteiger partial charge < -0.3 is 0 Å². The van der Waals surface area contributed by atoms with E-state index < -0.39 is 0 Å². The number of hydrogen-bond acceptors (Lipinski definition) is 0. The fourth-order valence-electron chi connectivity index (χ4n) is 3.56. The Labute approximate surface area is 161 Å². The van der Waals surface area contributed by atoms with Gasteiger partial charge in [-0.3, -0.25) is 0 Å². The molecule has 0 fully saturated rings. The van der Waals surface area contributed by atoms with Crippen LogP contribution in [0.3, 0.4) is 0 Å². The Morgan fingerprint density at radius 1 is 0.320 bits per heavy atom. The Bertz CT molecular complexity index is 240. The van der Waals surface area contributed by atoms with Gasteiger partial charge in [-0.15, -0.1) is 0 Å². The zero-order valence-corrected chi connectivity index (χ0v) is 18.0. The van der Waals surface area contributed by atoms with Gasteiger partial charge in [0, 0.05) is 0 Å². The molecule has 0 nitrogen and oxygen atoms in total. The van der Waals surface area contributed by atoms with Crippen LogP contribution in [0.4, 0.5) is 0 Å². The highest BCUT2D eigenvalue weighted by Crippen LogP contribution is 2.13. The van der Waals surface area contributed by atoms with E-state index in [-0.39, 0.29) is 0 Å². The summed E-state index contributed by atoms with van der Waals surface area (Å²) in [6.07, 6.45) is 34.9. The molecule has 0 amide bonds. The van der Waals surface area contributed by atoms with Crippen LogP contribution in [0.2, 0.25) is 0 Å². The van der Waals surface area contributed by atoms with Crippen molar-refractivity contribution < 1.29 is 0 Å². The molecule has 0 unspecified atom stereocenters. The summed E-state index contributed by atoms with van der Waals surface area (Å²) < 4.78 is 0. The van der Waals surface area contributed by atoms with Crippen molar-refractivity contribution in [1.82, 2.24) is 0 Å². The molecule has 0 aromatic carbocycles. The van der Waals surface area contributed by atoms with E-state index in [2.05, 4.69) is 26.0 Å². The van der Waals surface area contributed by atoms with Crippen molar-refractivity contribution in [3.63, 3.8) is 0 Å². The Balaban J connectivity index is 3.04. The van der Waals surface area contributed by atoms with Crippen LogP contribution in [0.5, 0.6) is 0 Å². The van der Waals surface area contributed by atoms with Gasteiger partial charge in [-0.05, 0) is 25.7 Å². The highest BCUT2D eigenvalue weighted by atomic mass is 14.0. The van der Waals surface area contributed by atoms with E-state index in [4.69, 9.17) is 0 Å². The maximum absolute atomic E-state index is 2.44. The number of allylic oxidation sites excluding steroid dienone is 2. The summed E-state index contributed by atoms with van der Waals surface area (Å²) in [7, 11) is 0. The second kappa shape index (κ2) is 23.7. The van der Waals surface area contributed by atoms with Crippen LogP contribution in [-0.2, 0) is 0 Å². The lowest BCUT2D eigenvalue weighted by molar-refractivity contribution is 0.550. The number of hydrogen-bond donors (Lipinski definition) is 0. The molecule has 0 saturated heterocycles. The largest absolute Gasteiger partial charge is 0.0885 e. The van der Waals surface area contributed by atoms with Crippen molar-refractivity contribution in [3.05, 3.63) is 12.2 Å². The average molecular weight is 351 g/mol. The van der Waals surface area contributed by atoms with Crippen molar-refractivity contribution in [2.75, 3.05) is 0 Å². The molecular weight excluding hydrogens is 300 g/mol. The summed E-state index contributed by atoms with van der Waals surface area (Å²) in [5, 5.41) is 0. The van der Waals surface area contributed by atoms with Crippen molar-refractivity contribution in [2.24, 2.45) is 0 Å². The van der Waals surface area contributed by atoms with Crippen molar-refractivity contribution in [3.8, 4) is 0 Å². The minimum Gasteiger partial charge on any atom is -0.0885 e. The van der Waals surface area contributed by atoms with E-state index >= 15 is 0 Å². The van der Waals surface area contributed by atoms with E-state index in [0.717, 1.165) is 0 Å². The van der Waals surface area contributed by atoms with Gasteiger partial charge in [0.1, 0.15) is 0 Å². The first-order valence-electron chi connectivity index (χ1n) is 12.1. The quantitative estimate of drug-likeness (QED) is 0.143. The lowest BCUT2D eigenvalue weighted by atomic mass is 10.0. The minimum absolute atomic E-state index is 1.31. The predicted molar refractivity (Wildman–Crippen MR) is 117 cm³/mol. The fourth-order valence-corrected chi connectivity index (χ4v) is 3.56. The zero-order valence-electron chi connectivity index (χ0n) is 18.0. The maximum atomic E-state index is 2.44. The molecule has 0 aliphatic rings. The monoisotopic (exact) mass is 350 g/mol. The summed E-state index contributed by atoms with van der Waals surface area (Å²) >= 11 is 0. The SMILES string of the molecule is CCCCCCCCCC/C=C/CCCCCCCCCCCCC. The molecule has 0 atom stereocenters. The van der Waals surface area contributed by atoms with Gasteiger partial charge >= 0.3 is 0 Å². The molecule has 0 aliphatic carbocycles. The third kappa shape index (κ3) is 23.7. The Hall–Kier alpha value is -0.260. The molecule has 0 aromatic heterocycles. The van der Waals surface area contributed by atoms with Gasteiger partial charge in [-0.25, -0.2) is 0 Å². The van der Waals surface area contributed by atoms with E-state index in [0.29, 0.717) is 0 Å². The van der Waals surface area contributed by atoms with Crippen LogP contribution < -0.4 is 0 Å². The highest BCUT2D eigenvalue weighted by molar-refractivity contribution is 4.81. The van der Waals surface area contributed by atoms with Gasteiger partial charge in [0.2, 0.25) is 0 Å². The maximum Gasteiger partial charge on any atom is -0.0351 e. The summed E-state index contributed by atoms with van der Waals surface area (Å²) in [6.45, 7) is 4.59. The molecule has 0 radical (unpaired) electrons. The van der Waals surface area contributed by atoms with Gasteiger partial charge in [-0.2, -0.15) is 0 Å². The van der Waals surface area contributed by atoms with Crippen LogP contribution in [-0.4, -0.2) is 0 Å². The van der Waals surface area contributed by atoms with Gasteiger partial charge in [0.15, 0.2) is 0 Å². The van der Waals surface area contributed by atoms with E-state index in [1.807, 2.05) is 0 Å². The molecular formula is C25H50. The lowest BCUT2D eigenvalue weighted by Gasteiger charge is -2.02. The molecule has 0 rings (SSSR count). The third-order valence-corrected chi connectivity index (χ3v) is 5.37. The van der Waals surface area contributed by atoms with Crippen LogP contribution in [0.1, 0.15) is 149 Å². The molecule has 0 N–H and O–H groups in total. The van der Waals surface area contributed by atoms with Crippen LogP contribution in [0.25, 0.3) is 0 Å². The molecule has 0 heterocycles. The Morgan fingerprint density at radius 2 is 0.560 bits per heavy atom. The molecule has 0 bridgehead atoms. The lowest BCUT2D eigenvalue weighted by Crippen LogP contribution is -1.82. The fraction of sp³-hybridized carbons (Fsp3) is 0.920. The van der Waals surface area contributed by atoms with Gasteiger partial charge in [0.05, 0.1) is 0 Å². The average Bonchev–Trinajstić information content (AvgIpc) is 2.63. The minimum atomic E-state index is 1.31. The van der Waals surface area contributed by atoms with Crippen molar-refractivity contribution in [1.29, 1.82) is 0 Å². The first kappa shape index (κ1) is 24.7. The molecule has 150 valence electrons. The molecule has 0 heteroatoms. The Kier molecular flexibility index (Phi) is 23.5. The van der Waals surface area contributed by atoms with E-state index in [9.17, 15) is 0 Å². The zero-order chi connectivity index (χ0) is 18.3. The molecule has 0 aliphatic heterocycles. The normalized spacial score (nSPS) is 11.6. The highest BCUT2D eigenvalue weighted by Gasteiger charge is 1.93. The van der Waals surface area contributed by atoms with Crippen LogP contribution >= 0.6 is 0 Å². The summed E-state index contributed by atoms with van der Waals surface area (Å²) in [6, 6.07) is 0. The van der Waals surface area contributed by atoms with Gasteiger partial charge in [0.25, 0.3) is 0 Å². The third-order valence-electron chi connectivity index (χ3n) is 5.37. The second-order valence-electron chi connectivity index (χ2n) is 8.06. The molecule has 0 aromatic rings. The standard InChI is InChI=1S/C25H50/c1-3-5-7-9-11-13-15-17-19-21-23-25-24-22-20-18-16-14-12-10-8-6-4-2/h21,23H,3-20,22,24-25H2,1-2H3/b23-21+. The van der Waals surface area contributed by atoms with E-state index in [1.54, 1.807) is 0 Å². The van der Waals surface area contributed by atoms with Gasteiger partial charge in [-0.1, -0.05) is 135 Å². The molecule has 25 heavy (non-hydrogen) atoms. The van der Waals surface area contributed by atoms with E-state index in [1.165, 1.54) is 135 Å². The Morgan fingerprint density at radius 3 is 0.840 bits per heavy atom. The predicted octanol–water partition coefficient (Wildman–Crippen LogP) is 9.77. The number of unbranched alkanes of at least 4 members (excludes halogenated alkanes) is 19. The van der Waals surface area contributed by atoms with Crippen molar-refractivity contribution in [2.45, 2.75) is 149 Å². The first-order chi connectivity index (χ1) is 12.4. The summed E-state index contributed by atoms with van der Waals surface area (Å²) in [4.78, 5) is 0. The number of rotatable bonds is 21. The smallest absolute Gasteiger partial charge is 0.0351 e. The second-order valence-corrected chi connectivity index (χ2v) is 8.06. The first-order valence-corrected chi connectivity index (χ1v) is 12.1.